The molecule has 0 aliphatic heterocycles. The van der Waals surface area contributed by atoms with Crippen molar-refractivity contribution >= 4 is 0 Å². The predicted octanol–water partition coefficient (Wildman–Crippen LogP) is 1.78. The molecule has 2 heteroatoms. The molecule has 0 saturated heterocycles. The zero-order chi connectivity index (χ0) is 9.68. The third-order valence-electron chi connectivity index (χ3n) is 3.29. The lowest BCUT2D eigenvalue weighted by atomic mass is 9.80. The van der Waals surface area contributed by atoms with E-state index >= 15 is 0 Å². The molecule has 1 aliphatic rings. The summed E-state index contributed by atoms with van der Waals surface area (Å²) in [7, 11) is 0. The SMILES string of the molecule is CC(CO)NCC1CCCCC1C. The first-order chi connectivity index (χ1) is 6.24. The summed E-state index contributed by atoms with van der Waals surface area (Å²) in [5, 5.41) is 12.3. The summed E-state index contributed by atoms with van der Waals surface area (Å²) < 4.78 is 0. The predicted molar refractivity (Wildman–Crippen MR) is 55.7 cm³/mol. The molecule has 0 aromatic carbocycles. The van der Waals surface area contributed by atoms with Crippen molar-refractivity contribution in [2.45, 2.75) is 45.6 Å². The van der Waals surface area contributed by atoms with E-state index in [-0.39, 0.29) is 12.6 Å². The van der Waals surface area contributed by atoms with E-state index in [9.17, 15) is 0 Å². The maximum Gasteiger partial charge on any atom is 0.0581 e. The van der Waals surface area contributed by atoms with Crippen molar-refractivity contribution in [2.24, 2.45) is 11.8 Å². The van der Waals surface area contributed by atoms with Crippen molar-refractivity contribution in [1.29, 1.82) is 0 Å². The molecule has 0 heterocycles. The molecule has 3 atom stereocenters. The van der Waals surface area contributed by atoms with E-state index in [1.807, 2.05) is 6.92 Å². The van der Waals surface area contributed by atoms with Crippen molar-refractivity contribution in [2.75, 3.05) is 13.2 Å². The van der Waals surface area contributed by atoms with Gasteiger partial charge in [-0.05, 0) is 31.7 Å². The van der Waals surface area contributed by atoms with Crippen LogP contribution in [0.2, 0.25) is 0 Å². The van der Waals surface area contributed by atoms with Crippen LogP contribution in [0.5, 0.6) is 0 Å². The second-order valence-electron chi connectivity index (χ2n) is 4.51. The molecule has 3 unspecified atom stereocenters. The van der Waals surface area contributed by atoms with Crippen molar-refractivity contribution in [3.63, 3.8) is 0 Å². The number of nitrogens with one attached hydrogen (secondary N) is 1. The Bertz CT molecular complexity index is 138. The topological polar surface area (TPSA) is 32.3 Å². The Kier molecular flexibility index (Phi) is 4.74. The van der Waals surface area contributed by atoms with Gasteiger partial charge in [0.1, 0.15) is 0 Å². The van der Waals surface area contributed by atoms with Crippen molar-refractivity contribution in [1.82, 2.24) is 5.32 Å². The van der Waals surface area contributed by atoms with Gasteiger partial charge >= 0.3 is 0 Å². The number of aliphatic hydroxyl groups excluding tert-OH is 1. The van der Waals surface area contributed by atoms with Crippen LogP contribution in [0, 0.1) is 11.8 Å². The molecule has 0 aromatic heterocycles. The van der Waals surface area contributed by atoms with E-state index < -0.39 is 0 Å². The zero-order valence-electron chi connectivity index (χ0n) is 8.92. The highest BCUT2D eigenvalue weighted by Crippen LogP contribution is 2.28. The molecule has 0 bridgehead atoms. The Hall–Kier alpha value is -0.0800. The van der Waals surface area contributed by atoms with Gasteiger partial charge in [0.25, 0.3) is 0 Å². The van der Waals surface area contributed by atoms with Gasteiger partial charge in [-0.3, -0.25) is 0 Å². The van der Waals surface area contributed by atoms with Crippen LogP contribution in [0.25, 0.3) is 0 Å². The minimum Gasteiger partial charge on any atom is -0.395 e. The summed E-state index contributed by atoms with van der Waals surface area (Å²) in [4.78, 5) is 0. The summed E-state index contributed by atoms with van der Waals surface area (Å²) in [5.74, 6) is 1.70. The molecule has 1 fully saturated rings. The molecule has 0 spiro atoms. The van der Waals surface area contributed by atoms with E-state index in [2.05, 4.69) is 12.2 Å². The van der Waals surface area contributed by atoms with Crippen molar-refractivity contribution < 1.29 is 5.11 Å². The Morgan fingerprint density at radius 1 is 1.38 bits per heavy atom. The number of aliphatic hydroxyl groups is 1. The first-order valence-corrected chi connectivity index (χ1v) is 5.58. The van der Waals surface area contributed by atoms with E-state index in [0.717, 1.165) is 18.4 Å². The average Bonchev–Trinajstić information content (AvgIpc) is 2.16. The van der Waals surface area contributed by atoms with E-state index in [4.69, 9.17) is 5.11 Å². The minimum absolute atomic E-state index is 0.251. The summed E-state index contributed by atoms with van der Waals surface area (Å²) >= 11 is 0. The minimum atomic E-state index is 0.251. The summed E-state index contributed by atoms with van der Waals surface area (Å²) in [6, 6.07) is 0.258. The van der Waals surface area contributed by atoms with E-state index in [1.165, 1.54) is 25.7 Å². The van der Waals surface area contributed by atoms with Gasteiger partial charge in [-0.15, -0.1) is 0 Å². The molecule has 0 aromatic rings. The standard InChI is InChI=1S/C11H23NO/c1-9-5-3-4-6-11(9)7-12-10(2)8-13/h9-13H,3-8H2,1-2H3. The third-order valence-corrected chi connectivity index (χ3v) is 3.29. The van der Waals surface area contributed by atoms with Gasteiger partial charge in [0.2, 0.25) is 0 Å². The Labute approximate surface area is 81.7 Å². The Morgan fingerprint density at radius 3 is 2.69 bits per heavy atom. The number of hydrogen-bond acceptors (Lipinski definition) is 2. The monoisotopic (exact) mass is 185 g/mol. The number of rotatable bonds is 4. The molecule has 13 heavy (non-hydrogen) atoms. The molecular formula is C11H23NO. The molecule has 0 radical (unpaired) electrons. The molecule has 1 saturated carbocycles. The largest absolute Gasteiger partial charge is 0.395 e. The van der Waals surface area contributed by atoms with Gasteiger partial charge in [0.05, 0.1) is 6.61 Å². The van der Waals surface area contributed by atoms with Crippen LogP contribution in [-0.4, -0.2) is 24.3 Å². The first-order valence-electron chi connectivity index (χ1n) is 5.58. The second-order valence-corrected chi connectivity index (χ2v) is 4.51. The zero-order valence-corrected chi connectivity index (χ0v) is 8.92. The number of hydrogen-bond donors (Lipinski definition) is 2. The van der Waals surface area contributed by atoms with Crippen molar-refractivity contribution in [3.05, 3.63) is 0 Å². The summed E-state index contributed by atoms with van der Waals surface area (Å²) in [5.41, 5.74) is 0. The van der Waals surface area contributed by atoms with Gasteiger partial charge in [0.15, 0.2) is 0 Å². The normalized spacial score (nSPS) is 31.6. The highest BCUT2D eigenvalue weighted by Gasteiger charge is 2.20. The highest BCUT2D eigenvalue weighted by atomic mass is 16.3. The van der Waals surface area contributed by atoms with Crippen LogP contribution in [0.1, 0.15) is 39.5 Å². The van der Waals surface area contributed by atoms with Crippen LogP contribution in [-0.2, 0) is 0 Å². The van der Waals surface area contributed by atoms with Gasteiger partial charge < -0.3 is 10.4 Å². The molecule has 2 N–H and O–H groups in total. The maximum atomic E-state index is 8.87. The van der Waals surface area contributed by atoms with Gasteiger partial charge in [0, 0.05) is 6.04 Å². The molecule has 1 rings (SSSR count). The first kappa shape index (κ1) is 11.0. The van der Waals surface area contributed by atoms with Crippen LogP contribution in [0.3, 0.4) is 0 Å². The summed E-state index contributed by atoms with van der Waals surface area (Å²) in [6.45, 7) is 5.73. The second kappa shape index (κ2) is 5.61. The lowest BCUT2D eigenvalue weighted by Gasteiger charge is -2.29. The van der Waals surface area contributed by atoms with Crippen LogP contribution < -0.4 is 5.32 Å². The van der Waals surface area contributed by atoms with Gasteiger partial charge in [-0.25, -0.2) is 0 Å². The average molecular weight is 185 g/mol. The quantitative estimate of drug-likeness (QED) is 0.700. The lowest BCUT2D eigenvalue weighted by Crippen LogP contribution is -2.36. The Balaban J connectivity index is 2.18. The molecule has 1 aliphatic carbocycles. The third kappa shape index (κ3) is 3.65. The van der Waals surface area contributed by atoms with Crippen LogP contribution in [0.4, 0.5) is 0 Å². The maximum absolute atomic E-state index is 8.87. The van der Waals surface area contributed by atoms with Crippen LogP contribution >= 0.6 is 0 Å². The fourth-order valence-corrected chi connectivity index (χ4v) is 2.11. The molecule has 2 nitrogen and oxygen atoms in total. The smallest absolute Gasteiger partial charge is 0.0581 e. The highest BCUT2D eigenvalue weighted by molar-refractivity contribution is 4.75. The van der Waals surface area contributed by atoms with Gasteiger partial charge in [-0.2, -0.15) is 0 Å². The van der Waals surface area contributed by atoms with Crippen LogP contribution in [0.15, 0.2) is 0 Å². The molecule has 78 valence electrons. The molecular weight excluding hydrogens is 162 g/mol. The molecule has 0 amide bonds. The van der Waals surface area contributed by atoms with Gasteiger partial charge in [-0.1, -0.05) is 26.2 Å². The van der Waals surface area contributed by atoms with Crippen molar-refractivity contribution in [3.8, 4) is 0 Å². The van der Waals surface area contributed by atoms with E-state index in [0.29, 0.717) is 0 Å². The Morgan fingerprint density at radius 2 is 2.08 bits per heavy atom. The summed E-state index contributed by atoms with van der Waals surface area (Å²) in [6.07, 6.45) is 5.56. The van der Waals surface area contributed by atoms with E-state index in [1.54, 1.807) is 0 Å². The fourth-order valence-electron chi connectivity index (χ4n) is 2.11. The lowest BCUT2D eigenvalue weighted by molar-refractivity contribution is 0.212. The fraction of sp³-hybridized carbons (Fsp3) is 1.00.